The summed E-state index contributed by atoms with van der Waals surface area (Å²) in [7, 11) is 0. The van der Waals surface area contributed by atoms with Crippen LogP contribution in [0.3, 0.4) is 0 Å². The third kappa shape index (κ3) is 3.66. The number of rotatable bonds is 5. The molecule has 3 heterocycles. The number of anilines is 1. The van der Waals surface area contributed by atoms with Gasteiger partial charge in [0.15, 0.2) is 0 Å². The SMILES string of the molecule is [C-]#[N+]c1cnc(N[C@H](C)c2ccc(CO)cc2)nc1-c1c[nH]c2ncc(C)cc12. The zero-order chi connectivity index (χ0) is 20.4. The van der Waals surface area contributed by atoms with Crippen LogP contribution in [-0.4, -0.2) is 25.0 Å². The van der Waals surface area contributed by atoms with Crippen molar-refractivity contribution in [3.63, 3.8) is 0 Å². The molecule has 0 unspecified atom stereocenters. The van der Waals surface area contributed by atoms with Gasteiger partial charge in [0, 0.05) is 29.5 Å². The van der Waals surface area contributed by atoms with Gasteiger partial charge in [0.2, 0.25) is 11.6 Å². The van der Waals surface area contributed by atoms with Gasteiger partial charge in [0.25, 0.3) is 0 Å². The van der Waals surface area contributed by atoms with Crippen LogP contribution < -0.4 is 5.32 Å². The highest BCUT2D eigenvalue weighted by atomic mass is 16.3. The molecule has 1 aromatic carbocycles. The topological polar surface area (TPSA) is 91.1 Å². The normalized spacial score (nSPS) is 11.9. The smallest absolute Gasteiger partial charge is 0.231 e. The number of hydrogen-bond acceptors (Lipinski definition) is 5. The maximum absolute atomic E-state index is 9.20. The first-order valence-electron chi connectivity index (χ1n) is 9.24. The zero-order valence-corrected chi connectivity index (χ0v) is 16.1. The number of benzene rings is 1. The molecule has 0 spiro atoms. The number of aromatic amines is 1. The van der Waals surface area contributed by atoms with E-state index in [9.17, 15) is 5.11 Å². The molecule has 0 aliphatic heterocycles. The van der Waals surface area contributed by atoms with Crippen LogP contribution >= 0.6 is 0 Å². The maximum Gasteiger partial charge on any atom is 0.231 e. The van der Waals surface area contributed by atoms with Crippen LogP contribution in [0.25, 0.3) is 27.1 Å². The Morgan fingerprint density at radius 1 is 1.21 bits per heavy atom. The number of nitrogens with zero attached hydrogens (tertiary/aromatic N) is 4. The Balaban J connectivity index is 1.69. The fraction of sp³-hybridized carbons (Fsp3) is 0.182. The van der Waals surface area contributed by atoms with E-state index in [4.69, 9.17) is 6.57 Å². The molecule has 0 aliphatic rings. The third-order valence-electron chi connectivity index (χ3n) is 4.82. The minimum absolute atomic E-state index is 0.0194. The number of nitrogens with one attached hydrogen (secondary N) is 2. The molecule has 0 saturated heterocycles. The second kappa shape index (κ2) is 7.70. The Morgan fingerprint density at radius 3 is 2.72 bits per heavy atom. The standard InChI is InChI=1S/C22H20N6O/c1-13-8-17-18(10-25-21(17)24-9-13)20-19(23-3)11-26-22(28-20)27-14(2)16-6-4-15(12-29)5-7-16/h4-11,14,29H,12H2,1-2H3,(H,24,25)(H,26,27,28)/t14-/m1/s1. The Labute approximate surface area is 168 Å². The fourth-order valence-corrected chi connectivity index (χ4v) is 3.22. The molecule has 0 amide bonds. The predicted molar refractivity (Wildman–Crippen MR) is 113 cm³/mol. The van der Waals surface area contributed by atoms with Crippen LogP contribution in [0.2, 0.25) is 0 Å². The van der Waals surface area contributed by atoms with Gasteiger partial charge in [-0.3, -0.25) is 0 Å². The first-order chi connectivity index (χ1) is 14.1. The number of aliphatic hydroxyl groups excluding tert-OH is 1. The summed E-state index contributed by atoms with van der Waals surface area (Å²) in [6.07, 6.45) is 5.17. The lowest BCUT2D eigenvalue weighted by Gasteiger charge is -2.15. The molecule has 29 heavy (non-hydrogen) atoms. The second-order valence-electron chi connectivity index (χ2n) is 6.92. The van der Waals surface area contributed by atoms with Crippen molar-refractivity contribution in [3.05, 3.63) is 77.0 Å². The highest BCUT2D eigenvalue weighted by Gasteiger charge is 2.16. The molecule has 3 aromatic heterocycles. The number of H-pyrrole nitrogens is 1. The molecule has 0 radical (unpaired) electrons. The summed E-state index contributed by atoms with van der Waals surface area (Å²) in [5, 5.41) is 13.4. The van der Waals surface area contributed by atoms with Crippen molar-refractivity contribution >= 4 is 22.7 Å². The zero-order valence-electron chi connectivity index (χ0n) is 16.1. The highest BCUT2D eigenvalue weighted by molar-refractivity contribution is 5.96. The van der Waals surface area contributed by atoms with E-state index in [0.717, 1.165) is 33.3 Å². The van der Waals surface area contributed by atoms with Crippen LogP contribution in [0, 0.1) is 13.5 Å². The van der Waals surface area contributed by atoms with Crippen molar-refractivity contribution in [1.82, 2.24) is 19.9 Å². The lowest BCUT2D eigenvalue weighted by Crippen LogP contribution is -2.09. The summed E-state index contributed by atoms with van der Waals surface area (Å²) >= 11 is 0. The summed E-state index contributed by atoms with van der Waals surface area (Å²) < 4.78 is 0. The molecule has 0 saturated carbocycles. The number of hydrogen-bond donors (Lipinski definition) is 3. The Hall–Kier alpha value is -3.76. The van der Waals surface area contributed by atoms with Crippen LogP contribution in [0.5, 0.6) is 0 Å². The van der Waals surface area contributed by atoms with Gasteiger partial charge < -0.3 is 15.4 Å². The number of aromatic nitrogens is 4. The van der Waals surface area contributed by atoms with Crippen molar-refractivity contribution in [3.8, 4) is 11.3 Å². The van der Waals surface area contributed by atoms with Gasteiger partial charge >= 0.3 is 0 Å². The van der Waals surface area contributed by atoms with Crippen LogP contribution in [0.4, 0.5) is 11.6 Å². The van der Waals surface area contributed by atoms with E-state index in [0.29, 0.717) is 17.3 Å². The number of aryl methyl sites for hydroxylation is 1. The quantitative estimate of drug-likeness (QED) is 0.439. The maximum atomic E-state index is 9.20. The average Bonchev–Trinajstić information content (AvgIpc) is 3.16. The van der Waals surface area contributed by atoms with Gasteiger partial charge in [-0.2, -0.15) is 0 Å². The van der Waals surface area contributed by atoms with Gasteiger partial charge in [-0.15, -0.1) is 0 Å². The molecule has 3 N–H and O–H groups in total. The minimum Gasteiger partial charge on any atom is -0.392 e. The molecule has 4 aromatic rings. The fourth-order valence-electron chi connectivity index (χ4n) is 3.22. The van der Waals surface area contributed by atoms with Crippen LogP contribution in [-0.2, 0) is 6.61 Å². The van der Waals surface area contributed by atoms with E-state index in [1.807, 2.05) is 50.4 Å². The van der Waals surface area contributed by atoms with Crippen molar-refractivity contribution < 1.29 is 5.11 Å². The Bertz CT molecular complexity index is 1210. The van der Waals surface area contributed by atoms with Gasteiger partial charge in [0.05, 0.1) is 24.9 Å². The molecule has 0 aliphatic carbocycles. The van der Waals surface area contributed by atoms with Crippen LogP contribution in [0.15, 0.2) is 48.9 Å². The average molecular weight is 384 g/mol. The van der Waals surface area contributed by atoms with Gasteiger partial charge in [-0.25, -0.2) is 19.8 Å². The molecule has 0 fully saturated rings. The van der Waals surface area contributed by atoms with Gasteiger partial charge in [-0.05, 0) is 36.6 Å². The lowest BCUT2D eigenvalue weighted by atomic mass is 10.1. The van der Waals surface area contributed by atoms with Crippen molar-refractivity contribution in [1.29, 1.82) is 0 Å². The molecule has 1 atom stereocenters. The molecular weight excluding hydrogens is 364 g/mol. The molecule has 7 nitrogen and oxygen atoms in total. The van der Waals surface area contributed by atoms with Crippen LogP contribution in [0.1, 0.15) is 29.7 Å². The summed E-state index contributed by atoms with van der Waals surface area (Å²) in [6.45, 7) is 11.5. The summed E-state index contributed by atoms with van der Waals surface area (Å²) in [6, 6.07) is 9.70. The summed E-state index contributed by atoms with van der Waals surface area (Å²) in [5.74, 6) is 0.445. The first kappa shape index (κ1) is 18.6. The largest absolute Gasteiger partial charge is 0.392 e. The third-order valence-corrected chi connectivity index (χ3v) is 4.82. The molecule has 144 valence electrons. The van der Waals surface area contributed by atoms with Gasteiger partial charge in [0.1, 0.15) is 5.65 Å². The van der Waals surface area contributed by atoms with E-state index in [1.54, 1.807) is 12.4 Å². The number of aliphatic hydroxyl groups is 1. The number of pyridine rings is 1. The summed E-state index contributed by atoms with van der Waals surface area (Å²) in [5.41, 5.74) is 5.49. The molecule has 0 bridgehead atoms. The van der Waals surface area contributed by atoms with Crippen molar-refractivity contribution in [2.45, 2.75) is 26.5 Å². The van der Waals surface area contributed by atoms with Crippen molar-refractivity contribution in [2.75, 3.05) is 5.32 Å². The Morgan fingerprint density at radius 2 is 2.00 bits per heavy atom. The second-order valence-corrected chi connectivity index (χ2v) is 6.92. The predicted octanol–water partition coefficient (Wildman–Crippen LogP) is 4.54. The molecular formula is C22H20N6O. The molecule has 4 rings (SSSR count). The lowest BCUT2D eigenvalue weighted by molar-refractivity contribution is 0.282. The monoisotopic (exact) mass is 384 g/mol. The first-order valence-corrected chi connectivity index (χ1v) is 9.24. The van der Waals surface area contributed by atoms with E-state index in [-0.39, 0.29) is 12.6 Å². The van der Waals surface area contributed by atoms with E-state index < -0.39 is 0 Å². The number of fused-ring (bicyclic) bond motifs is 1. The van der Waals surface area contributed by atoms with E-state index >= 15 is 0 Å². The molecule has 7 heteroatoms. The summed E-state index contributed by atoms with van der Waals surface area (Å²) in [4.78, 5) is 20.1. The van der Waals surface area contributed by atoms with Crippen molar-refractivity contribution in [2.24, 2.45) is 0 Å². The van der Waals surface area contributed by atoms with Gasteiger partial charge in [-0.1, -0.05) is 24.3 Å². The minimum atomic E-state index is -0.0405. The highest BCUT2D eigenvalue weighted by Crippen LogP contribution is 2.34. The van der Waals surface area contributed by atoms with E-state index in [1.165, 1.54) is 0 Å². The van der Waals surface area contributed by atoms with E-state index in [2.05, 4.69) is 30.1 Å². The Kier molecular flexibility index (Phi) is 4.94.